The molecule has 0 saturated carbocycles. The Balaban J connectivity index is 1.88. The molecule has 0 saturated heterocycles. The number of aryl methyl sites for hydroxylation is 3. The van der Waals surface area contributed by atoms with Gasteiger partial charge in [0, 0.05) is 46.0 Å². The number of H-pyrrole nitrogens is 2. The van der Waals surface area contributed by atoms with Crippen molar-refractivity contribution in [3.05, 3.63) is 88.5 Å². The molecule has 3 aromatic heterocycles. The molecule has 1 unspecified atom stereocenters. The second-order valence-electron chi connectivity index (χ2n) is 11.7. The summed E-state index contributed by atoms with van der Waals surface area (Å²) in [6.07, 6.45) is 4.26. The predicted molar refractivity (Wildman–Crippen MR) is 183 cm³/mol. The molecule has 8 bridgehead atoms. The van der Waals surface area contributed by atoms with E-state index in [-0.39, 0.29) is 18.7 Å². The third kappa shape index (κ3) is 6.17. The second-order valence-corrected chi connectivity index (χ2v) is 11.7. The number of rotatable bonds is 9. The first-order valence-electron chi connectivity index (χ1n) is 15.1. The van der Waals surface area contributed by atoms with Crippen molar-refractivity contribution in [1.29, 1.82) is 0 Å². The number of hydrogen-bond donors (Lipinski definition) is 5. The van der Waals surface area contributed by atoms with Crippen LogP contribution in [0.1, 0.15) is 85.1 Å². The van der Waals surface area contributed by atoms with Crippen molar-refractivity contribution in [2.24, 2.45) is 5.73 Å². The van der Waals surface area contributed by atoms with E-state index in [1.54, 1.807) is 6.92 Å². The van der Waals surface area contributed by atoms with Gasteiger partial charge in [-0.2, -0.15) is 0 Å². The molecular formula is C36H40N6O3. The summed E-state index contributed by atoms with van der Waals surface area (Å²) >= 11 is 0. The molecular weight excluding hydrogens is 564 g/mol. The van der Waals surface area contributed by atoms with Gasteiger partial charge in [0.2, 0.25) is 5.91 Å². The monoisotopic (exact) mass is 604 g/mol. The number of carboxylic acid groups (broad SMARTS) is 1. The van der Waals surface area contributed by atoms with E-state index in [0.717, 1.165) is 83.7 Å². The third-order valence-electron chi connectivity index (χ3n) is 8.62. The van der Waals surface area contributed by atoms with Gasteiger partial charge in [-0.3, -0.25) is 9.59 Å². The Hall–Kier alpha value is -5.02. The highest BCUT2D eigenvalue weighted by molar-refractivity contribution is 5.98. The van der Waals surface area contributed by atoms with Crippen LogP contribution < -0.4 is 11.1 Å². The number of carbonyl (C=O) groups excluding carboxylic acids is 1. The number of fused-ring (bicyclic) bond motifs is 8. The fourth-order valence-electron chi connectivity index (χ4n) is 6.10. The van der Waals surface area contributed by atoms with Crippen molar-refractivity contribution in [2.75, 3.05) is 0 Å². The maximum atomic E-state index is 12.6. The SMILES string of the molecule is C=CC1=C(C)c2cc3[nH]c(cc4nc(cc5[nH]c(cc1n2)c(C)c5C=C)C(C)=C4CCC(=O)O)c(CCC(=O)NC(C)N)c3C. The van der Waals surface area contributed by atoms with Crippen LogP contribution >= 0.6 is 0 Å². The number of nitrogens with one attached hydrogen (secondary N) is 3. The fraction of sp³-hybridized carbons (Fsp3) is 0.278. The average molecular weight is 605 g/mol. The van der Waals surface area contributed by atoms with Gasteiger partial charge in [-0.15, -0.1) is 0 Å². The highest BCUT2D eigenvalue weighted by atomic mass is 16.4. The molecule has 1 amide bonds. The van der Waals surface area contributed by atoms with Crippen LogP contribution in [0.15, 0.2) is 43.5 Å². The van der Waals surface area contributed by atoms with E-state index in [0.29, 0.717) is 18.5 Å². The lowest BCUT2D eigenvalue weighted by atomic mass is 10.00. The minimum absolute atomic E-state index is 0.0196. The number of nitrogens with zero attached hydrogens (tertiary/aromatic N) is 2. The molecule has 1 atom stereocenters. The van der Waals surface area contributed by atoms with E-state index in [4.69, 9.17) is 15.7 Å². The average Bonchev–Trinajstić information content (AvgIpc) is 3.63. The van der Waals surface area contributed by atoms with E-state index in [1.807, 2.05) is 64.1 Å². The third-order valence-corrected chi connectivity index (χ3v) is 8.62. The van der Waals surface area contributed by atoms with Crippen LogP contribution in [0.25, 0.3) is 50.4 Å². The number of aromatic amines is 2. The summed E-state index contributed by atoms with van der Waals surface area (Å²) in [4.78, 5) is 41.4. The summed E-state index contributed by atoms with van der Waals surface area (Å²) in [5, 5.41) is 12.3. The predicted octanol–water partition coefficient (Wildman–Crippen LogP) is 6.84. The fourth-order valence-corrected chi connectivity index (χ4v) is 6.10. The minimum Gasteiger partial charge on any atom is -0.481 e. The van der Waals surface area contributed by atoms with Crippen molar-refractivity contribution in [3.63, 3.8) is 0 Å². The maximum absolute atomic E-state index is 12.6. The topological polar surface area (TPSA) is 150 Å². The molecule has 6 N–H and O–H groups in total. The zero-order valence-electron chi connectivity index (χ0n) is 26.5. The number of nitrogens with two attached hydrogens (primary N) is 1. The van der Waals surface area contributed by atoms with Crippen molar-refractivity contribution < 1.29 is 14.7 Å². The Bertz CT molecular complexity index is 1990. The molecule has 0 fully saturated rings. The Labute approximate surface area is 262 Å². The van der Waals surface area contributed by atoms with Gasteiger partial charge in [0.05, 0.1) is 28.9 Å². The summed E-state index contributed by atoms with van der Waals surface area (Å²) in [5.74, 6) is -1.01. The molecule has 0 spiro atoms. The Morgan fingerprint density at radius 2 is 1.44 bits per heavy atom. The van der Waals surface area contributed by atoms with Gasteiger partial charge in [0.25, 0.3) is 0 Å². The van der Waals surface area contributed by atoms with Gasteiger partial charge in [0.15, 0.2) is 0 Å². The Morgan fingerprint density at radius 3 is 2.11 bits per heavy atom. The molecule has 0 radical (unpaired) electrons. The van der Waals surface area contributed by atoms with Gasteiger partial charge in [0.1, 0.15) is 0 Å². The van der Waals surface area contributed by atoms with E-state index in [2.05, 4.69) is 28.4 Å². The highest BCUT2D eigenvalue weighted by Crippen LogP contribution is 2.36. The molecule has 45 heavy (non-hydrogen) atoms. The summed E-state index contributed by atoms with van der Waals surface area (Å²) in [6.45, 7) is 17.9. The van der Waals surface area contributed by atoms with Crippen molar-refractivity contribution in [3.8, 4) is 0 Å². The largest absolute Gasteiger partial charge is 0.481 e. The maximum Gasteiger partial charge on any atom is 0.303 e. The number of amides is 1. The minimum atomic E-state index is -0.872. The molecule has 2 aliphatic rings. The van der Waals surface area contributed by atoms with Crippen LogP contribution in [0.2, 0.25) is 0 Å². The van der Waals surface area contributed by atoms with Crippen LogP contribution in [0.3, 0.4) is 0 Å². The molecule has 9 heteroatoms. The normalized spacial score (nSPS) is 13.6. The highest BCUT2D eigenvalue weighted by Gasteiger charge is 2.21. The number of aliphatic carboxylic acids is 1. The first-order valence-corrected chi connectivity index (χ1v) is 15.1. The van der Waals surface area contributed by atoms with Crippen LogP contribution in [0.4, 0.5) is 0 Å². The first kappa shape index (κ1) is 31.4. The number of allylic oxidation sites excluding steroid dienone is 5. The molecule has 5 heterocycles. The van der Waals surface area contributed by atoms with Crippen LogP contribution in [0, 0.1) is 13.8 Å². The summed E-state index contributed by atoms with van der Waals surface area (Å²) in [5.41, 5.74) is 20.0. The smallest absolute Gasteiger partial charge is 0.303 e. The van der Waals surface area contributed by atoms with E-state index >= 15 is 0 Å². The summed E-state index contributed by atoms with van der Waals surface area (Å²) in [6, 6.07) is 8.02. The number of hydrogen-bond acceptors (Lipinski definition) is 5. The molecule has 9 nitrogen and oxygen atoms in total. The van der Waals surface area contributed by atoms with Gasteiger partial charge >= 0.3 is 5.97 Å². The van der Waals surface area contributed by atoms with Crippen LogP contribution in [-0.4, -0.2) is 43.1 Å². The lowest BCUT2D eigenvalue weighted by molar-refractivity contribution is -0.136. The molecule has 0 aliphatic carbocycles. The van der Waals surface area contributed by atoms with Crippen LogP contribution in [0.5, 0.6) is 0 Å². The second kappa shape index (κ2) is 12.5. The summed E-state index contributed by atoms with van der Waals surface area (Å²) in [7, 11) is 0. The first-order chi connectivity index (χ1) is 21.4. The zero-order chi connectivity index (χ0) is 32.6. The number of carboxylic acids is 1. The quantitative estimate of drug-likeness (QED) is 0.169. The molecule has 3 aromatic rings. The van der Waals surface area contributed by atoms with Gasteiger partial charge in [-0.25, -0.2) is 9.97 Å². The van der Waals surface area contributed by atoms with Crippen molar-refractivity contribution in [1.82, 2.24) is 25.3 Å². The summed E-state index contributed by atoms with van der Waals surface area (Å²) < 4.78 is 0. The molecule has 232 valence electrons. The molecule has 0 aromatic carbocycles. The van der Waals surface area contributed by atoms with Crippen molar-refractivity contribution >= 4 is 62.3 Å². The van der Waals surface area contributed by atoms with E-state index in [1.165, 1.54) is 0 Å². The van der Waals surface area contributed by atoms with Crippen molar-refractivity contribution in [2.45, 2.75) is 66.5 Å². The number of aromatic nitrogens is 4. The van der Waals surface area contributed by atoms with Gasteiger partial charge in [-0.05, 0) is 105 Å². The van der Waals surface area contributed by atoms with E-state index in [9.17, 15) is 14.7 Å². The van der Waals surface area contributed by atoms with Gasteiger partial charge < -0.3 is 26.1 Å². The lowest BCUT2D eigenvalue weighted by Gasteiger charge is -2.08. The Kier molecular flexibility index (Phi) is 8.75. The van der Waals surface area contributed by atoms with E-state index < -0.39 is 12.1 Å². The lowest BCUT2D eigenvalue weighted by Crippen LogP contribution is -2.38. The molecule has 2 aliphatic heterocycles. The van der Waals surface area contributed by atoms with Crippen LogP contribution in [-0.2, 0) is 16.0 Å². The zero-order valence-corrected chi connectivity index (χ0v) is 26.5. The standard InChI is InChI=1S/C36H40N6O3/c1-8-23-18(3)27-14-28-20(5)25(10-12-35(43)38-22(7)37)33(41-28)17-34-26(11-13-36(44)45)21(6)30(42-34)16-32-24(9-2)19(4)29(40-32)15-31(23)39-27/h8-9,14-17,22,40-41H,1-2,10-13,37H2,3-7H3,(H,38,43)(H,44,45). The molecule has 5 rings (SSSR count). The Morgan fingerprint density at radius 1 is 0.844 bits per heavy atom. The van der Waals surface area contributed by atoms with Gasteiger partial charge in [-0.1, -0.05) is 25.3 Å². The number of carbonyl (C=O) groups is 2.